The van der Waals surface area contributed by atoms with Crippen molar-refractivity contribution in [2.75, 3.05) is 44.5 Å². The normalized spacial score (nSPS) is 11.1. The predicted molar refractivity (Wildman–Crippen MR) is 154 cm³/mol. The van der Waals surface area contributed by atoms with Crippen molar-refractivity contribution in [1.82, 2.24) is 9.88 Å². The van der Waals surface area contributed by atoms with Gasteiger partial charge in [-0.25, -0.2) is 0 Å². The molecule has 1 aromatic heterocycles. The van der Waals surface area contributed by atoms with E-state index in [1.54, 1.807) is 24.3 Å². The van der Waals surface area contributed by atoms with E-state index in [0.717, 1.165) is 19.3 Å². The number of pyridine rings is 1. The van der Waals surface area contributed by atoms with Crippen molar-refractivity contribution in [3.05, 3.63) is 59.3 Å². The van der Waals surface area contributed by atoms with Crippen molar-refractivity contribution >= 4 is 45.5 Å². The molecule has 0 aliphatic rings. The fraction of sp³-hybridized carbons (Fsp3) is 0.345. The van der Waals surface area contributed by atoms with E-state index in [2.05, 4.69) is 28.6 Å². The Bertz CT molecular complexity index is 1330. The van der Waals surface area contributed by atoms with E-state index >= 15 is 0 Å². The highest BCUT2D eigenvalue weighted by Crippen LogP contribution is 2.37. The van der Waals surface area contributed by atoms with Crippen LogP contribution in [0.25, 0.3) is 10.9 Å². The van der Waals surface area contributed by atoms with Crippen LogP contribution in [0.5, 0.6) is 11.5 Å². The van der Waals surface area contributed by atoms with Gasteiger partial charge in [0.25, 0.3) is 0 Å². The molecule has 0 unspecified atom stereocenters. The van der Waals surface area contributed by atoms with Crippen LogP contribution in [0.1, 0.15) is 38.7 Å². The smallest absolute Gasteiger partial charge is 0.248 e. The molecule has 0 spiro atoms. The molecule has 0 saturated heterocycles. The summed E-state index contributed by atoms with van der Waals surface area (Å²) in [7, 11) is 3.85. The second kappa shape index (κ2) is 14.2. The monoisotopic (exact) mass is 535 g/mol. The number of nitrogens with zero attached hydrogens (tertiary/aromatic N) is 3. The summed E-state index contributed by atoms with van der Waals surface area (Å²) in [6.45, 7) is 5.67. The number of unbranched alkanes of at least 4 members (excludes halogenated alkanes) is 2. The molecule has 0 radical (unpaired) electrons. The summed E-state index contributed by atoms with van der Waals surface area (Å²) >= 11 is 6.48. The van der Waals surface area contributed by atoms with Crippen LogP contribution in [0.3, 0.4) is 0 Å². The van der Waals surface area contributed by atoms with Crippen LogP contribution in [-0.2, 0) is 4.79 Å². The number of carbonyl (C=O) groups excluding carboxylic acids is 1. The fourth-order valence-electron chi connectivity index (χ4n) is 3.73. The number of hydrogen-bond donors (Lipinski definition) is 2. The molecule has 2 N–H and O–H groups in total. The highest BCUT2D eigenvalue weighted by molar-refractivity contribution is 6.32. The van der Waals surface area contributed by atoms with E-state index in [-0.39, 0.29) is 5.91 Å². The molecule has 0 fully saturated rings. The van der Waals surface area contributed by atoms with Crippen molar-refractivity contribution in [1.29, 1.82) is 5.26 Å². The van der Waals surface area contributed by atoms with Gasteiger partial charge < -0.3 is 25.0 Å². The Hall–Kier alpha value is -3.80. The number of nitriles is 1. The SMILES string of the molecule is CCCCCOc1ccc(Nc2c(C#N)cnc3cc(OCC)c(NC(=O)C=CCN(C)C)cc23)cc1Cl. The molecule has 8 nitrogen and oxygen atoms in total. The highest BCUT2D eigenvalue weighted by Gasteiger charge is 2.16. The van der Waals surface area contributed by atoms with Gasteiger partial charge in [0.05, 0.1) is 40.7 Å². The zero-order valence-electron chi connectivity index (χ0n) is 22.3. The number of anilines is 3. The summed E-state index contributed by atoms with van der Waals surface area (Å²) in [6, 6.07) is 11.1. The number of aromatic nitrogens is 1. The quantitative estimate of drug-likeness (QED) is 0.189. The predicted octanol–water partition coefficient (Wildman–Crippen LogP) is 6.53. The zero-order valence-corrected chi connectivity index (χ0v) is 23.1. The van der Waals surface area contributed by atoms with Crippen molar-refractivity contribution in [3.8, 4) is 17.6 Å². The van der Waals surface area contributed by atoms with Crippen LogP contribution in [0, 0.1) is 11.3 Å². The first-order valence-electron chi connectivity index (χ1n) is 12.7. The van der Waals surface area contributed by atoms with E-state index in [0.29, 0.717) is 69.8 Å². The van der Waals surface area contributed by atoms with Crippen LogP contribution in [0.15, 0.2) is 48.7 Å². The number of likely N-dealkylation sites (N-methyl/N-ethyl adjacent to an activating group) is 1. The molecule has 0 aliphatic carbocycles. The average Bonchev–Trinajstić information content (AvgIpc) is 2.88. The summed E-state index contributed by atoms with van der Waals surface area (Å²) in [5.41, 5.74) is 2.67. The van der Waals surface area contributed by atoms with E-state index in [9.17, 15) is 10.1 Å². The second-order valence-corrected chi connectivity index (χ2v) is 9.34. The van der Waals surface area contributed by atoms with Gasteiger partial charge in [-0.15, -0.1) is 0 Å². The van der Waals surface area contributed by atoms with Crippen LogP contribution in [0.2, 0.25) is 5.02 Å². The summed E-state index contributed by atoms with van der Waals surface area (Å²) < 4.78 is 11.6. The van der Waals surface area contributed by atoms with E-state index < -0.39 is 0 Å². The number of fused-ring (bicyclic) bond motifs is 1. The summed E-state index contributed by atoms with van der Waals surface area (Å²) in [5, 5.41) is 17.1. The lowest BCUT2D eigenvalue weighted by atomic mass is 10.1. The van der Waals surface area contributed by atoms with Crippen molar-refractivity contribution in [2.24, 2.45) is 0 Å². The molecule has 3 aromatic rings. The Morgan fingerprint density at radius 2 is 1.97 bits per heavy atom. The molecule has 9 heteroatoms. The maximum Gasteiger partial charge on any atom is 0.248 e. The topological polar surface area (TPSA) is 99.5 Å². The van der Waals surface area contributed by atoms with Crippen LogP contribution in [0.4, 0.5) is 17.1 Å². The number of nitrogens with one attached hydrogen (secondary N) is 2. The number of benzene rings is 2. The maximum atomic E-state index is 12.6. The standard InChI is InChI=1S/C29H34ClN5O3/c1-5-7-8-14-38-26-12-11-21(15-23(26)30)33-29-20(18-31)19-32-24-17-27(37-6-2)25(16-22(24)29)34-28(36)10-9-13-35(3)4/h9-12,15-17,19H,5-8,13-14H2,1-4H3,(H,32,33)(H,34,36). The van der Waals surface area contributed by atoms with Crippen molar-refractivity contribution < 1.29 is 14.3 Å². The van der Waals surface area contributed by atoms with Crippen LogP contribution >= 0.6 is 11.6 Å². The number of halogens is 1. The number of amides is 1. The van der Waals surface area contributed by atoms with Gasteiger partial charge in [0.2, 0.25) is 5.91 Å². The number of hydrogen-bond acceptors (Lipinski definition) is 7. The first-order valence-corrected chi connectivity index (χ1v) is 13.0. The van der Waals surface area contributed by atoms with Gasteiger partial charge in [0.15, 0.2) is 0 Å². The summed E-state index contributed by atoms with van der Waals surface area (Å²) in [5.74, 6) is 0.819. The largest absolute Gasteiger partial charge is 0.492 e. The second-order valence-electron chi connectivity index (χ2n) is 8.94. The molecule has 2 aromatic carbocycles. The molecule has 0 saturated carbocycles. The lowest BCUT2D eigenvalue weighted by Gasteiger charge is -2.16. The summed E-state index contributed by atoms with van der Waals surface area (Å²) in [6.07, 6.45) is 7.95. The van der Waals surface area contributed by atoms with E-state index in [1.807, 2.05) is 38.1 Å². The molecular weight excluding hydrogens is 502 g/mol. The molecule has 0 aliphatic heterocycles. The fourth-order valence-corrected chi connectivity index (χ4v) is 3.97. The molecular formula is C29H34ClN5O3. The van der Waals surface area contributed by atoms with Crippen molar-refractivity contribution in [2.45, 2.75) is 33.1 Å². The Kier molecular flexibility index (Phi) is 10.8. The molecule has 1 heterocycles. The first-order chi connectivity index (χ1) is 18.4. The maximum absolute atomic E-state index is 12.6. The lowest BCUT2D eigenvalue weighted by Crippen LogP contribution is -2.13. The molecule has 1 amide bonds. The minimum absolute atomic E-state index is 0.285. The first kappa shape index (κ1) is 28.8. The number of rotatable bonds is 13. The van der Waals surface area contributed by atoms with Gasteiger partial charge in [-0.05, 0) is 51.7 Å². The van der Waals surface area contributed by atoms with Gasteiger partial charge in [0.1, 0.15) is 17.6 Å². The van der Waals surface area contributed by atoms with E-state index in [4.69, 9.17) is 21.1 Å². The number of ether oxygens (including phenoxy) is 2. The zero-order chi connectivity index (χ0) is 27.5. The van der Waals surface area contributed by atoms with E-state index in [1.165, 1.54) is 12.3 Å². The minimum Gasteiger partial charge on any atom is -0.492 e. The molecule has 0 bridgehead atoms. The Morgan fingerprint density at radius 1 is 1.16 bits per heavy atom. The third-order valence-corrected chi connectivity index (χ3v) is 5.89. The highest BCUT2D eigenvalue weighted by atomic mass is 35.5. The minimum atomic E-state index is -0.285. The number of carbonyl (C=O) groups is 1. The van der Waals surface area contributed by atoms with Crippen LogP contribution < -0.4 is 20.1 Å². The lowest BCUT2D eigenvalue weighted by molar-refractivity contribution is -0.111. The van der Waals surface area contributed by atoms with Gasteiger partial charge in [-0.2, -0.15) is 5.26 Å². The molecule has 38 heavy (non-hydrogen) atoms. The van der Waals surface area contributed by atoms with Crippen LogP contribution in [-0.4, -0.2) is 49.6 Å². The van der Waals surface area contributed by atoms with Gasteiger partial charge in [-0.3, -0.25) is 9.78 Å². The molecule has 3 rings (SSSR count). The Labute approximate surface area is 229 Å². The summed E-state index contributed by atoms with van der Waals surface area (Å²) in [4.78, 5) is 19.0. The van der Waals surface area contributed by atoms with Gasteiger partial charge >= 0.3 is 0 Å². The van der Waals surface area contributed by atoms with Gasteiger partial charge in [0, 0.05) is 36.0 Å². The third kappa shape index (κ3) is 7.85. The molecule has 200 valence electrons. The average molecular weight is 536 g/mol. The molecule has 0 atom stereocenters. The Balaban J connectivity index is 1.96. The third-order valence-electron chi connectivity index (χ3n) is 5.59. The van der Waals surface area contributed by atoms with Crippen molar-refractivity contribution in [3.63, 3.8) is 0 Å². The van der Waals surface area contributed by atoms with Gasteiger partial charge in [-0.1, -0.05) is 37.4 Å². The Morgan fingerprint density at radius 3 is 2.66 bits per heavy atom.